The fraction of sp³-hybridized carbons (Fsp3) is 0.333. The summed E-state index contributed by atoms with van der Waals surface area (Å²) < 4.78 is 0. The van der Waals surface area contributed by atoms with Crippen molar-refractivity contribution in [3.05, 3.63) is 36.4 Å². The van der Waals surface area contributed by atoms with Crippen LogP contribution in [0.1, 0.15) is 13.3 Å². The van der Waals surface area contributed by atoms with Crippen molar-refractivity contribution >= 4 is 23.2 Å². The maximum Gasteiger partial charge on any atom is 0.107 e. The van der Waals surface area contributed by atoms with Gasteiger partial charge in [0.05, 0.1) is 0 Å². The van der Waals surface area contributed by atoms with Gasteiger partial charge in [0.2, 0.25) is 0 Å². The molecule has 0 nitrogen and oxygen atoms in total. The average Bonchev–Trinajstić information content (AvgIpc) is 2.09. The zero-order chi connectivity index (χ0) is 8.53. The summed E-state index contributed by atoms with van der Waals surface area (Å²) in [4.78, 5) is -0.171. The maximum absolute atomic E-state index is 5.23. The van der Waals surface area contributed by atoms with Gasteiger partial charge in [-0.15, -0.1) is 23.2 Å². The van der Waals surface area contributed by atoms with Crippen LogP contribution >= 0.6 is 23.2 Å². The van der Waals surface area contributed by atoms with Crippen LogP contribution < -0.4 is 0 Å². The predicted molar refractivity (Wildman–Crippen MR) is 52.2 cm³/mol. The van der Waals surface area contributed by atoms with Crippen LogP contribution in [0.5, 0.6) is 0 Å². The van der Waals surface area contributed by atoms with Crippen LogP contribution in [-0.2, 0) is 0 Å². The lowest BCUT2D eigenvalue weighted by Gasteiger charge is -1.84. The van der Waals surface area contributed by atoms with Gasteiger partial charge in [-0.2, -0.15) is 0 Å². The molecule has 62 valence electrons. The van der Waals surface area contributed by atoms with Crippen molar-refractivity contribution in [3.8, 4) is 0 Å². The van der Waals surface area contributed by atoms with E-state index >= 15 is 0 Å². The fourth-order valence-corrected chi connectivity index (χ4v) is 0.385. The molecule has 0 aromatic heterocycles. The van der Waals surface area contributed by atoms with Crippen molar-refractivity contribution in [1.82, 2.24) is 0 Å². The molecule has 0 bridgehead atoms. The number of rotatable bonds is 1. The van der Waals surface area contributed by atoms with Crippen molar-refractivity contribution in [3.63, 3.8) is 0 Å². The Morgan fingerprint density at radius 2 is 1.09 bits per heavy atom. The third-order valence-corrected chi connectivity index (χ3v) is 1.59. The molecule has 0 amide bonds. The third kappa shape index (κ3) is 9.80. The Morgan fingerprint density at radius 1 is 0.909 bits per heavy atom. The molecule has 0 spiro atoms. The molecule has 0 saturated carbocycles. The molecule has 0 radical (unpaired) electrons. The van der Waals surface area contributed by atoms with E-state index in [0.717, 1.165) is 6.42 Å². The molecule has 0 aliphatic rings. The molecule has 0 heterocycles. The predicted octanol–water partition coefficient (Wildman–Crippen LogP) is 3.89. The van der Waals surface area contributed by atoms with Gasteiger partial charge >= 0.3 is 0 Å². The lowest BCUT2D eigenvalue weighted by atomic mass is 10.4. The highest BCUT2D eigenvalue weighted by atomic mass is 35.5. The zero-order valence-corrected chi connectivity index (χ0v) is 8.02. The lowest BCUT2D eigenvalue weighted by molar-refractivity contribution is 1.04. The molecule has 0 saturated heterocycles. The van der Waals surface area contributed by atoms with Gasteiger partial charge in [0, 0.05) is 0 Å². The average molecular weight is 191 g/mol. The van der Waals surface area contributed by atoms with Crippen LogP contribution in [0.25, 0.3) is 0 Å². The Bertz CT molecular complexity index is 122. The van der Waals surface area contributed by atoms with Gasteiger partial charge in [-0.1, -0.05) is 43.3 Å². The number of halogens is 2. The number of hydrogen-bond acceptors (Lipinski definition) is 0. The maximum atomic E-state index is 5.23. The van der Waals surface area contributed by atoms with Crippen LogP contribution in [0.4, 0.5) is 0 Å². The minimum absolute atomic E-state index is 0.171. The van der Waals surface area contributed by atoms with Gasteiger partial charge in [-0.05, 0) is 6.42 Å². The van der Waals surface area contributed by atoms with Gasteiger partial charge in [0.15, 0.2) is 0 Å². The second-order valence-corrected chi connectivity index (χ2v) is 3.23. The molecule has 1 aromatic carbocycles. The van der Waals surface area contributed by atoms with Gasteiger partial charge in [-0.25, -0.2) is 0 Å². The van der Waals surface area contributed by atoms with Gasteiger partial charge < -0.3 is 0 Å². The Kier molecular flexibility index (Phi) is 7.76. The first-order valence-electron chi connectivity index (χ1n) is 3.55. The van der Waals surface area contributed by atoms with Crippen LogP contribution in [-0.4, -0.2) is 4.84 Å². The van der Waals surface area contributed by atoms with Crippen molar-refractivity contribution in [2.24, 2.45) is 0 Å². The molecule has 0 atom stereocenters. The fourth-order valence-electron chi connectivity index (χ4n) is 0.385. The van der Waals surface area contributed by atoms with Crippen molar-refractivity contribution in [2.45, 2.75) is 18.2 Å². The normalized spacial score (nSPS) is 8.73. The van der Waals surface area contributed by atoms with Crippen LogP contribution in [0.2, 0.25) is 0 Å². The molecule has 1 rings (SSSR count). The molecule has 11 heavy (non-hydrogen) atoms. The van der Waals surface area contributed by atoms with Crippen LogP contribution in [0.3, 0.4) is 0 Å². The van der Waals surface area contributed by atoms with Gasteiger partial charge in [-0.3, -0.25) is 0 Å². The minimum Gasteiger partial charge on any atom is -0.105 e. The smallest absolute Gasteiger partial charge is 0.105 e. The minimum atomic E-state index is -0.171. The van der Waals surface area contributed by atoms with Crippen molar-refractivity contribution in [1.29, 1.82) is 0 Å². The molecular formula is C9H12Cl2. The van der Waals surface area contributed by atoms with Gasteiger partial charge in [0.1, 0.15) is 4.84 Å². The topological polar surface area (TPSA) is 0 Å². The summed E-state index contributed by atoms with van der Waals surface area (Å²) in [5, 5.41) is 0. The molecule has 0 aliphatic carbocycles. The Morgan fingerprint density at radius 3 is 1.18 bits per heavy atom. The number of benzene rings is 1. The van der Waals surface area contributed by atoms with Crippen LogP contribution in [0.15, 0.2) is 36.4 Å². The first-order chi connectivity index (χ1) is 5.27. The highest BCUT2D eigenvalue weighted by molar-refractivity contribution is 6.44. The van der Waals surface area contributed by atoms with E-state index in [1.807, 2.05) is 43.3 Å². The summed E-state index contributed by atoms with van der Waals surface area (Å²) in [6, 6.07) is 12.0. The highest BCUT2D eigenvalue weighted by Crippen LogP contribution is 2.03. The number of alkyl halides is 2. The highest BCUT2D eigenvalue weighted by Gasteiger charge is 1.86. The molecule has 1 aromatic rings. The van der Waals surface area contributed by atoms with Crippen LogP contribution in [0, 0.1) is 0 Å². The largest absolute Gasteiger partial charge is 0.107 e. The van der Waals surface area contributed by atoms with E-state index in [-0.39, 0.29) is 4.84 Å². The van der Waals surface area contributed by atoms with E-state index in [9.17, 15) is 0 Å². The molecule has 0 fully saturated rings. The summed E-state index contributed by atoms with van der Waals surface area (Å²) in [6.07, 6.45) is 0.836. The summed E-state index contributed by atoms with van der Waals surface area (Å²) in [5.74, 6) is 0. The first-order valence-corrected chi connectivity index (χ1v) is 4.42. The Balaban J connectivity index is 0.000000187. The standard InChI is InChI=1S/C6H6.C3H6Cl2/c1-2-4-6-5-3-1;1-2-3(4)5/h1-6H;3H,2H2,1H3. The summed E-state index contributed by atoms with van der Waals surface area (Å²) in [5.41, 5.74) is 0. The SMILES string of the molecule is CCC(Cl)Cl.c1ccccc1. The molecule has 0 unspecified atom stereocenters. The Labute approximate surface area is 78.1 Å². The molecule has 0 N–H and O–H groups in total. The molecule has 2 heteroatoms. The van der Waals surface area contributed by atoms with E-state index in [2.05, 4.69) is 0 Å². The quantitative estimate of drug-likeness (QED) is 0.590. The van der Waals surface area contributed by atoms with E-state index in [0.29, 0.717) is 0 Å². The second-order valence-electron chi connectivity index (χ2n) is 1.95. The molecule has 0 aliphatic heterocycles. The van der Waals surface area contributed by atoms with Crippen molar-refractivity contribution < 1.29 is 0 Å². The first kappa shape index (κ1) is 10.8. The summed E-state index contributed by atoms with van der Waals surface area (Å²) in [6.45, 7) is 1.94. The van der Waals surface area contributed by atoms with E-state index in [1.165, 1.54) is 0 Å². The second kappa shape index (κ2) is 7.90. The Hall–Kier alpha value is -0.200. The van der Waals surface area contributed by atoms with E-state index < -0.39 is 0 Å². The zero-order valence-electron chi connectivity index (χ0n) is 6.50. The third-order valence-electron chi connectivity index (χ3n) is 0.975. The van der Waals surface area contributed by atoms with Gasteiger partial charge in [0.25, 0.3) is 0 Å². The van der Waals surface area contributed by atoms with Crippen molar-refractivity contribution in [2.75, 3.05) is 0 Å². The molecular weight excluding hydrogens is 179 g/mol. The monoisotopic (exact) mass is 190 g/mol. The lowest BCUT2D eigenvalue weighted by Crippen LogP contribution is -1.75. The summed E-state index contributed by atoms with van der Waals surface area (Å²) >= 11 is 10.5. The van der Waals surface area contributed by atoms with E-state index in [1.54, 1.807) is 0 Å². The summed E-state index contributed by atoms with van der Waals surface area (Å²) in [7, 11) is 0. The van der Waals surface area contributed by atoms with E-state index in [4.69, 9.17) is 23.2 Å². The number of hydrogen-bond donors (Lipinski definition) is 0.